The van der Waals surface area contributed by atoms with Crippen molar-refractivity contribution >= 4 is 23.4 Å². The summed E-state index contributed by atoms with van der Waals surface area (Å²) in [6.45, 7) is 10.2. The van der Waals surface area contributed by atoms with E-state index in [0.29, 0.717) is 37.7 Å². The van der Waals surface area contributed by atoms with Crippen LogP contribution in [0.4, 0.5) is 0 Å². The van der Waals surface area contributed by atoms with E-state index in [1.807, 2.05) is 36.4 Å². The molecule has 0 spiro atoms. The molecule has 1 aromatic heterocycles. The van der Waals surface area contributed by atoms with Crippen molar-refractivity contribution < 1.29 is 19.0 Å². The third-order valence-electron chi connectivity index (χ3n) is 6.33. The van der Waals surface area contributed by atoms with Gasteiger partial charge >= 0.3 is 5.97 Å². The number of carbonyl (C=O) groups is 1. The third kappa shape index (κ3) is 4.98. The van der Waals surface area contributed by atoms with Gasteiger partial charge in [0.1, 0.15) is 0 Å². The summed E-state index contributed by atoms with van der Waals surface area (Å²) >= 11 is 1.27. The first kappa shape index (κ1) is 26.4. The number of thiazole rings is 1. The van der Waals surface area contributed by atoms with Crippen molar-refractivity contribution in [2.45, 2.75) is 46.1 Å². The Morgan fingerprint density at radius 3 is 2.41 bits per heavy atom. The van der Waals surface area contributed by atoms with Crippen molar-refractivity contribution in [1.82, 2.24) is 4.57 Å². The highest BCUT2D eigenvalue weighted by Crippen LogP contribution is 2.33. The zero-order chi connectivity index (χ0) is 26.9. The van der Waals surface area contributed by atoms with Crippen LogP contribution in [0.15, 0.2) is 63.5 Å². The molecule has 1 aliphatic rings. The van der Waals surface area contributed by atoms with Crippen LogP contribution < -0.4 is 24.4 Å². The molecule has 2 aromatic carbocycles. The maximum Gasteiger partial charge on any atom is 0.338 e. The largest absolute Gasteiger partial charge is 0.493 e. The lowest BCUT2D eigenvalue weighted by atomic mass is 9.85. The van der Waals surface area contributed by atoms with E-state index in [1.54, 1.807) is 44.8 Å². The number of fused-ring (bicyclic) bond motifs is 1. The topological polar surface area (TPSA) is 79.1 Å². The molecule has 2 heterocycles. The predicted molar refractivity (Wildman–Crippen MR) is 145 cm³/mol. The Morgan fingerprint density at radius 1 is 1.11 bits per heavy atom. The molecule has 7 nitrogen and oxygen atoms in total. The number of nitrogens with zero attached hydrogens (tertiary/aromatic N) is 2. The molecular weight excluding hydrogens is 488 g/mol. The summed E-state index contributed by atoms with van der Waals surface area (Å²) < 4.78 is 18.4. The molecular formula is C29H32N2O5S. The van der Waals surface area contributed by atoms with Crippen LogP contribution in [0.1, 0.15) is 57.4 Å². The van der Waals surface area contributed by atoms with E-state index in [0.717, 1.165) is 11.1 Å². The molecule has 4 rings (SSSR count). The monoisotopic (exact) mass is 520 g/mol. The lowest BCUT2D eigenvalue weighted by molar-refractivity contribution is -0.139. The van der Waals surface area contributed by atoms with Gasteiger partial charge in [-0.25, -0.2) is 9.79 Å². The SMILES string of the molecule is CCOC(=O)C1=C(C)N=c2s/c(=C\c3cccc(OC)c3OC)c(=O)n2[C@H]1c1ccc(C(C)(C)C)cc1. The van der Waals surface area contributed by atoms with Crippen molar-refractivity contribution in [2.24, 2.45) is 4.99 Å². The lowest BCUT2D eigenvalue weighted by Gasteiger charge is -2.26. The standard InChI is InChI=1S/C29H32N2O5S/c1-8-36-27(33)23-17(2)30-28-31(24(23)18-12-14-20(15-13-18)29(3,4)5)26(32)22(37-28)16-19-10-9-11-21(34-6)25(19)35-7/h9-16,24H,8H2,1-7H3/b22-16-/t24-/m0/s1. The fourth-order valence-electron chi connectivity index (χ4n) is 4.44. The predicted octanol–water partition coefficient (Wildman–Crippen LogP) is 4.11. The molecule has 1 atom stereocenters. The van der Waals surface area contributed by atoms with E-state index < -0.39 is 12.0 Å². The molecule has 0 bridgehead atoms. The van der Waals surface area contributed by atoms with E-state index in [4.69, 9.17) is 14.2 Å². The second-order valence-electron chi connectivity index (χ2n) is 9.76. The van der Waals surface area contributed by atoms with Crippen LogP contribution >= 0.6 is 11.3 Å². The van der Waals surface area contributed by atoms with Gasteiger partial charge in [-0.3, -0.25) is 9.36 Å². The minimum atomic E-state index is -0.654. The summed E-state index contributed by atoms with van der Waals surface area (Å²) in [5, 5.41) is 0. The zero-order valence-corrected chi connectivity index (χ0v) is 23.1. The minimum Gasteiger partial charge on any atom is -0.493 e. The number of ether oxygens (including phenoxy) is 3. The van der Waals surface area contributed by atoms with Gasteiger partial charge in [0.25, 0.3) is 5.56 Å². The fraction of sp³-hybridized carbons (Fsp3) is 0.345. The van der Waals surface area contributed by atoms with E-state index in [-0.39, 0.29) is 17.6 Å². The maximum absolute atomic E-state index is 13.9. The van der Waals surface area contributed by atoms with E-state index >= 15 is 0 Å². The molecule has 0 amide bonds. The van der Waals surface area contributed by atoms with E-state index in [1.165, 1.54) is 11.3 Å². The average molecular weight is 521 g/mol. The summed E-state index contributed by atoms with van der Waals surface area (Å²) in [6.07, 6.45) is 1.77. The van der Waals surface area contributed by atoms with Gasteiger partial charge in [-0.1, -0.05) is 68.5 Å². The molecule has 0 saturated heterocycles. The number of esters is 1. The summed E-state index contributed by atoms with van der Waals surface area (Å²) in [5.74, 6) is 0.632. The lowest BCUT2D eigenvalue weighted by Crippen LogP contribution is -2.40. The normalized spacial score (nSPS) is 15.8. The van der Waals surface area contributed by atoms with Crippen molar-refractivity contribution in [3.8, 4) is 11.5 Å². The first-order chi connectivity index (χ1) is 17.6. The number of benzene rings is 2. The molecule has 0 aliphatic carbocycles. The first-order valence-electron chi connectivity index (χ1n) is 12.1. The molecule has 0 saturated carbocycles. The highest BCUT2D eigenvalue weighted by atomic mass is 32.1. The number of carbonyl (C=O) groups excluding carboxylic acids is 1. The minimum absolute atomic E-state index is 0.0293. The highest BCUT2D eigenvalue weighted by Gasteiger charge is 2.33. The summed E-state index contributed by atoms with van der Waals surface area (Å²) in [4.78, 5) is 32.1. The molecule has 3 aromatic rings. The van der Waals surface area contributed by atoms with Gasteiger partial charge in [-0.2, -0.15) is 0 Å². The van der Waals surface area contributed by atoms with Crippen LogP contribution in [0.5, 0.6) is 11.5 Å². The Morgan fingerprint density at radius 2 is 1.81 bits per heavy atom. The quantitative estimate of drug-likeness (QED) is 0.457. The molecule has 37 heavy (non-hydrogen) atoms. The smallest absolute Gasteiger partial charge is 0.338 e. The Kier molecular flexibility index (Phi) is 7.41. The number of methoxy groups -OCH3 is 2. The van der Waals surface area contributed by atoms with Gasteiger partial charge in [-0.15, -0.1) is 0 Å². The van der Waals surface area contributed by atoms with Crippen molar-refractivity contribution in [3.63, 3.8) is 0 Å². The number of para-hydroxylation sites is 1. The van der Waals surface area contributed by atoms with Crippen LogP contribution in [0.3, 0.4) is 0 Å². The average Bonchev–Trinajstić information content (AvgIpc) is 3.16. The number of hydrogen-bond donors (Lipinski definition) is 0. The second-order valence-corrected chi connectivity index (χ2v) is 10.8. The van der Waals surface area contributed by atoms with Crippen LogP contribution in [0.25, 0.3) is 6.08 Å². The molecule has 8 heteroatoms. The summed E-state index contributed by atoms with van der Waals surface area (Å²) in [6, 6.07) is 12.9. The van der Waals surface area contributed by atoms with E-state index in [2.05, 4.69) is 25.8 Å². The van der Waals surface area contributed by atoms with Crippen molar-refractivity contribution in [3.05, 3.63) is 90.1 Å². The Bertz CT molecular complexity index is 1540. The van der Waals surface area contributed by atoms with Gasteiger partial charge < -0.3 is 14.2 Å². The number of hydrogen-bond acceptors (Lipinski definition) is 7. The van der Waals surface area contributed by atoms with Crippen LogP contribution in [0.2, 0.25) is 0 Å². The number of allylic oxidation sites excluding steroid dienone is 1. The Hall–Kier alpha value is -3.65. The Balaban J connectivity index is 1.95. The maximum atomic E-state index is 13.9. The van der Waals surface area contributed by atoms with Gasteiger partial charge in [-0.05, 0) is 42.5 Å². The van der Waals surface area contributed by atoms with Gasteiger partial charge in [0, 0.05) is 5.56 Å². The Labute approximate surface area is 220 Å². The number of rotatable bonds is 6. The van der Waals surface area contributed by atoms with Crippen LogP contribution in [-0.4, -0.2) is 31.4 Å². The van der Waals surface area contributed by atoms with Gasteiger partial charge in [0.05, 0.1) is 42.7 Å². The molecule has 0 fully saturated rings. The summed E-state index contributed by atoms with van der Waals surface area (Å²) in [5.41, 5.74) is 3.31. The highest BCUT2D eigenvalue weighted by molar-refractivity contribution is 7.07. The third-order valence-corrected chi connectivity index (χ3v) is 7.31. The molecule has 1 aliphatic heterocycles. The van der Waals surface area contributed by atoms with E-state index in [9.17, 15) is 9.59 Å². The molecule has 0 radical (unpaired) electrons. The first-order valence-corrected chi connectivity index (χ1v) is 12.9. The van der Waals surface area contributed by atoms with Crippen LogP contribution in [0, 0.1) is 0 Å². The van der Waals surface area contributed by atoms with Gasteiger partial charge in [0.2, 0.25) is 0 Å². The molecule has 194 valence electrons. The van der Waals surface area contributed by atoms with Crippen LogP contribution in [-0.2, 0) is 14.9 Å². The molecule has 0 unspecified atom stereocenters. The number of aromatic nitrogens is 1. The van der Waals surface area contributed by atoms with Crippen molar-refractivity contribution in [2.75, 3.05) is 20.8 Å². The van der Waals surface area contributed by atoms with Crippen molar-refractivity contribution in [1.29, 1.82) is 0 Å². The fourth-order valence-corrected chi connectivity index (χ4v) is 5.48. The molecule has 0 N–H and O–H groups in total. The van der Waals surface area contributed by atoms with Gasteiger partial charge in [0.15, 0.2) is 16.3 Å². The summed E-state index contributed by atoms with van der Waals surface area (Å²) in [7, 11) is 3.13. The zero-order valence-electron chi connectivity index (χ0n) is 22.2. The second kappa shape index (κ2) is 10.4.